The number of aryl methyl sites for hydroxylation is 1. The molecule has 0 aliphatic carbocycles. The molecule has 8 nitrogen and oxygen atoms in total. The van der Waals surface area contributed by atoms with E-state index >= 15 is 0 Å². The third-order valence-electron chi connectivity index (χ3n) is 4.21. The maximum absolute atomic E-state index is 12.8. The predicted octanol–water partition coefficient (Wildman–Crippen LogP) is 2.65. The SMILES string of the molecule is CCOC(=O)Cn1/c(=N/S(=O)(=O)c2ccc(C)cc2)sc2cc(C(=O)OC)ccc21. The Morgan fingerprint density at radius 3 is 2.47 bits per heavy atom. The van der Waals surface area contributed by atoms with E-state index in [1.54, 1.807) is 37.3 Å². The third-order valence-corrected chi connectivity index (χ3v) is 6.65. The molecule has 0 saturated carbocycles. The fourth-order valence-corrected chi connectivity index (χ4v) is 5.01. The summed E-state index contributed by atoms with van der Waals surface area (Å²) < 4.78 is 41.4. The monoisotopic (exact) mass is 448 g/mol. The number of hydrogen-bond acceptors (Lipinski definition) is 7. The van der Waals surface area contributed by atoms with E-state index < -0.39 is 22.0 Å². The van der Waals surface area contributed by atoms with Crippen molar-refractivity contribution in [3.8, 4) is 0 Å². The number of rotatable bonds is 6. The summed E-state index contributed by atoms with van der Waals surface area (Å²) in [5.74, 6) is -1.04. The van der Waals surface area contributed by atoms with Gasteiger partial charge in [0.05, 0.1) is 34.4 Å². The zero-order valence-electron chi connectivity index (χ0n) is 16.6. The van der Waals surface area contributed by atoms with Crippen molar-refractivity contribution in [2.45, 2.75) is 25.3 Å². The van der Waals surface area contributed by atoms with Crippen LogP contribution in [0.1, 0.15) is 22.8 Å². The normalized spacial score (nSPS) is 12.2. The lowest BCUT2D eigenvalue weighted by Crippen LogP contribution is -2.23. The molecule has 0 bridgehead atoms. The highest BCUT2D eigenvalue weighted by Crippen LogP contribution is 2.21. The largest absolute Gasteiger partial charge is 0.465 e. The molecule has 3 aromatic rings. The fraction of sp³-hybridized carbons (Fsp3) is 0.250. The van der Waals surface area contributed by atoms with Gasteiger partial charge in [-0.15, -0.1) is 4.40 Å². The highest BCUT2D eigenvalue weighted by Gasteiger charge is 2.17. The lowest BCUT2D eigenvalue weighted by atomic mass is 10.2. The summed E-state index contributed by atoms with van der Waals surface area (Å²) in [4.78, 5) is 24.1. The van der Waals surface area contributed by atoms with Gasteiger partial charge in [-0.1, -0.05) is 29.0 Å². The van der Waals surface area contributed by atoms with Gasteiger partial charge in [-0.25, -0.2) is 4.79 Å². The lowest BCUT2D eigenvalue weighted by Gasteiger charge is -2.06. The van der Waals surface area contributed by atoms with Gasteiger partial charge in [0.25, 0.3) is 10.0 Å². The van der Waals surface area contributed by atoms with Crippen LogP contribution in [0, 0.1) is 6.92 Å². The number of esters is 2. The van der Waals surface area contributed by atoms with E-state index in [1.165, 1.54) is 23.8 Å². The van der Waals surface area contributed by atoms with E-state index in [0.717, 1.165) is 16.9 Å². The molecule has 2 aromatic carbocycles. The fourth-order valence-electron chi connectivity index (χ4n) is 2.74. The second-order valence-electron chi connectivity index (χ2n) is 6.33. The molecule has 30 heavy (non-hydrogen) atoms. The van der Waals surface area contributed by atoms with Crippen LogP contribution in [0.5, 0.6) is 0 Å². The van der Waals surface area contributed by atoms with Crippen LogP contribution in [0.25, 0.3) is 10.2 Å². The Morgan fingerprint density at radius 2 is 1.83 bits per heavy atom. The standard InChI is InChI=1S/C20H20N2O6S2/c1-4-28-18(23)12-22-16-10-7-14(19(24)27-3)11-17(16)29-20(22)21-30(25,26)15-8-5-13(2)6-9-15/h5-11H,4,12H2,1-3H3/b21-20-. The first-order chi connectivity index (χ1) is 14.2. The molecule has 3 rings (SSSR count). The molecule has 0 aliphatic rings. The molecular weight excluding hydrogens is 428 g/mol. The first-order valence-electron chi connectivity index (χ1n) is 9.00. The molecule has 0 fully saturated rings. The summed E-state index contributed by atoms with van der Waals surface area (Å²) in [6.07, 6.45) is 0. The molecule has 158 valence electrons. The van der Waals surface area contributed by atoms with Gasteiger partial charge in [-0.3, -0.25) is 4.79 Å². The van der Waals surface area contributed by atoms with E-state index in [9.17, 15) is 18.0 Å². The van der Waals surface area contributed by atoms with Crippen LogP contribution in [-0.2, 0) is 30.8 Å². The minimum Gasteiger partial charge on any atom is -0.465 e. The third kappa shape index (κ3) is 4.60. The van der Waals surface area contributed by atoms with Gasteiger partial charge >= 0.3 is 11.9 Å². The van der Waals surface area contributed by atoms with Crippen molar-refractivity contribution in [3.63, 3.8) is 0 Å². The number of methoxy groups -OCH3 is 1. The van der Waals surface area contributed by atoms with E-state index in [1.807, 2.05) is 6.92 Å². The van der Waals surface area contributed by atoms with Crippen molar-refractivity contribution in [3.05, 3.63) is 58.4 Å². The van der Waals surface area contributed by atoms with Gasteiger partial charge in [0.1, 0.15) is 6.54 Å². The smallest absolute Gasteiger partial charge is 0.337 e. The molecule has 0 amide bonds. The van der Waals surface area contributed by atoms with Crippen LogP contribution in [-0.4, -0.2) is 38.6 Å². The molecule has 0 aliphatic heterocycles. The second-order valence-corrected chi connectivity index (χ2v) is 8.94. The zero-order valence-corrected chi connectivity index (χ0v) is 18.2. The first kappa shape index (κ1) is 21.7. The van der Waals surface area contributed by atoms with Crippen molar-refractivity contribution < 1.29 is 27.5 Å². The first-order valence-corrected chi connectivity index (χ1v) is 11.3. The molecule has 10 heteroatoms. The van der Waals surface area contributed by atoms with Crippen LogP contribution >= 0.6 is 11.3 Å². The van der Waals surface area contributed by atoms with Crippen LogP contribution in [0.15, 0.2) is 51.8 Å². The number of carbonyl (C=O) groups is 2. The Kier molecular flexibility index (Phi) is 6.37. The average molecular weight is 449 g/mol. The Morgan fingerprint density at radius 1 is 1.13 bits per heavy atom. The Labute approximate surface area is 177 Å². The number of aromatic nitrogens is 1. The summed E-state index contributed by atoms with van der Waals surface area (Å²) in [7, 11) is -2.73. The average Bonchev–Trinajstić information content (AvgIpc) is 3.03. The Balaban J connectivity index is 2.20. The minimum atomic E-state index is -4.01. The summed E-state index contributed by atoms with van der Waals surface area (Å²) >= 11 is 1.05. The van der Waals surface area contributed by atoms with E-state index in [4.69, 9.17) is 9.47 Å². The number of carbonyl (C=O) groups excluding carboxylic acids is 2. The molecule has 0 spiro atoms. The minimum absolute atomic E-state index is 0.0449. The molecule has 1 heterocycles. The predicted molar refractivity (Wildman–Crippen MR) is 112 cm³/mol. The van der Waals surface area contributed by atoms with E-state index in [0.29, 0.717) is 15.8 Å². The van der Waals surface area contributed by atoms with Gasteiger partial charge in [-0.2, -0.15) is 8.42 Å². The highest BCUT2D eigenvalue weighted by atomic mass is 32.2. The number of nitrogens with zero attached hydrogens (tertiary/aromatic N) is 2. The summed E-state index contributed by atoms with van der Waals surface area (Å²) in [6.45, 7) is 3.52. The maximum Gasteiger partial charge on any atom is 0.337 e. The number of benzene rings is 2. The molecular formula is C20H20N2O6S2. The van der Waals surface area contributed by atoms with E-state index in [-0.39, 0.29) is 22.8 Å². The van der Waals surface area contributed by atoms with Gasteiger partial charge in [0, 0.05) is 0 Å². The number of ether oxygens (including phenoxy) is 2. The summed E-state index contributed by atoms with van der Waals surface area (Å²) in [5, 5.41) is 0. The van der Waals surface area contributed by atoms with Crippen molar-refractivity contribution in [1.82, 2.24) is 4.57 Å². The van der Waals surface area contributed by atoms with Crippen LogP contribution in [0.3, 0.4) is 0 Å². The molecule has 0 radical (unpaired) electrons. The molecule has 0 N–H and O–H groups in total. The molecule has 0 saturated heterocycles. The number of hydrogen-bond donors (Lipinski definition) is 0. The van der Waals surface area contributed by atoms with Crippen molar-refractivity contribution in [2.75, 3.05) is 13.7 Å². The zero-order chi connectivity index (χ0) is 21.9. The number of sulfonamides is 1. The van der Waals surface area contributed by atoms with Gasteiger partial charge in [0.2, 0.25) is 4.80 Å². The van der Waals surface area contributed by atoms with Gasteiger partial charge in [0.15, 0.2) is 0 Å². The molecule has 0 unspecified atom stereocenters. The van der Waals surface area contributed by atoms with Crippen molar-refractivity contribution >= 4 is 43.5 Å². The van der Waals surface area contributed by atoms with Gasteiger partial charge in [-0.05, 0) is 44.2 Å². The quantitative estimate of drug-likeness (QED) is 0.537. The summed E-state index contributed by atoms with van der Waals surface area (Å²) in [5.41, 5.74) is 1.78. The van der Waals surface area contributed by atoms with Crippen molar-refractivity contribution in [1.29, 1.82) is 0 Å². The van der Waals surface area contributed by atoms with Crippen molar-refractivity contribution in [2.24, 2.45) is 4.40 Å². The lowest BCUT2D eigenvalue weighted by molar-refractivity contribution is -0.143. The Bertz CT molecular complexity index is 1270. The molecule has 1 aromatic heterocycles. The van der Waals surface area contributed by atoms with Crippen LogP contribution in [0.2, 0.25) is 0 Å². The number of fused-ring (bicyclic) bond motifs is 1. The summed E-state index contributed by atoms with van der Waals surface area (Å²) in [6, 6.07) is 11.1. The van der Waals surface area contributed by atoms with Gasteiger partial charge < -0.3 is 14.0 Å². The Hall–Kier alpha value is -2.98. The maximum atomic E-state index is 12.8. The second kappa shape index (κ2) is 8.80. The number of thiazole rings is 1. The molecule has 0 atom stereocenters. The highest BCUT2D eigenvalue weighted by molar-refractivity contribution is 7.90. The topological polar surface area (TPSA) is 104 Å². The van der Waals surface area contributed by atoms with Crippen LogP contribution in [0.4, 0.5) is 0 Å². The van der Waals surface area contributed by atoms with Crippen LogP contribution < -0.4 is 4.80 Å². The van der Waals surface area contributed by atoms with E-state index in [2.05, 4.69) is 4.40 Å².